The van der Waals surface area contributed by atoms with Gasteiger partial charge in [-0.3, -0.25) is 9.69 Å². The molecule has 1 saturated carbocycles. The van der Waals surface area contributed by atoms with Crippen LogP contribution in [0, 0.1) is 5.92 Å². The maximum atomic E-state index is 11.5. The zero-order valence-corrected chi connectivity index (χ0v) is 21.9. The van der Waals surface area contributed by atoms with Crippen molar-refractivity contribution in [3.63, 3.8) is 0 Å². The summed E-state index contributed by atoms with van der Waals surface area (Å²) < 4.78 is 0. The number of nitrogens with zero attached hydrogens (tertiary/aromatic N) is 2. The van der Waals surface area contributed by atoms with E-state index >= 15 is 0 Å². The van der Waals surface area contributed by atoms with Crippen molar-refractivity contribution in [1.82, 2.24) is 4.90 Å². The summed E-state index contributed by atoms with van der Waals surface area (Å²) in [7, 11) is 0. The molecule has 2 fully saturated rings. The van der Waals surface area contributed by atoms with Crippen LogP contribution in [-0.4, -0.2) is 47.7 Å². The number of nitrogens with one attached hydrogen (secondary N) is 1. The van der Waals surface area contributed by atoms with Gasteiger partial charge in [0.05, 0.1) is 22.7 Å². The van der Waals surface area contributed by atoms with E-state index in [2.05, 4.69) is 34.2 Å². The third-order valence-corrected chi connectivity index (χ3v) is 8.15. The van der Waals surface area contributed by atoms with Crippen LogP contribution in [0.15, 0.2) is 36.4 Å². The maximum Gasteiger partial charge on any atom is 0.306 e. The molecule has 8 heteroatoms. The van der Waals surface area contributed by atoms with Crippen LogP contribution in [0.2, 0.25) is 15.1 Å². The number of benzene rings is 2. The zero-order chi connectivity index (χ0) is 24.4. The second kappa shape index (κ2) is 10.9. The number of anilines is 2. The number of hydrogen-bond acceptors (Lipinski definition) is 4. The number of halogens is 3. The van der Waals surface area contributed by atoms with E-state index in [0.29, 0.717) is 27.2 Å². The van der Waals surface area contributed by atoms with E-state index in [1.165, 1.54) is 0 Å². The van der Waals surface area contributed by atoms with Crippen LogP contribution in [0.25, 0.3) is 0 Å². The van der Waals surface area contributed by atoms with Crippen LogP contribution in [0.5, 0.6) is 0 Å². The average molecular weight is 525 g/mol. The fourth-order valence-corrected chi connectivity index (χ4v) is 6.13. The van der Waals surface area contributed by atoms with Gasteiger partial charge < -0.3 is 15.3 Å². The average Bonchev–Trinajstić information content (AvgIpc) is 2.80. The number of aliphatic carboxylic acids is 1. The van der Waals surface area contributed by atoms with Crippen molar-refractivity contribution >= 4 is 52.1 Å². The van der Waals surface area contributed by atoms with Crippen LogP contribution in [-0.2, 0) is 4.79 Å². The van der Waals surface area contributed by atoms with Gasteiger partial charge in [-0.2, -0.15) is 0 Å². The Labute approximate surface area is 217 Å². The monoisotopic (exact) mass is 523 g/mol. The minimum atomic E-state index is -0.647. The van der Waals surface area contributed by atoms with Crippen LogP contribution < -0.4 is 10.2 Å². The second-order valence-corrected chi connectivity index (χ2v) is 10.8. The van der Waals surface area contributed by atoms with Crippen molar-refractivity contribution in [3.8, 4) is 0 Å². The largest absolute Gasteiger partial charge is 0.481 e. The molecule has 0 aromatic heterocycles. The van der Waals surface area contributed by atoms with Gasteiger partial charge in [0, 0.05) is 47.5 Å². The van der Waals surface area contributed by atoms with Gasteiger partial charge in [-0.05, 0) is 69.0 Å². The topological polar surface area (TPSA) is 55.8 Å². The molecule has 2 aliphatic rings. The molecule has 0 spiro atoms. The van der Waals surface area contributed by atoms with E-state index in [1.54, 1.807) is 6.07 Å². The lowest BCUT2D eigenvalue weighted by atomic mass is 9.84. The van der Waals surface area contributed by atoms with Crippen molar-refractivity contribution in [2.75, 3.05) is 29.9 Å². The summed E-state index contributed by atoms with van der Waals surface area (Å²) in [4.78, 5) is 16.4. The molecule has 0 amide bonds. The molecule has 1 heterocycles. The lowest BCUT2D eigenvalue weighted by Crippen LogP contribution is -2.56. The van der Waals surface area contributed by atoms with Crippen molar-refractivity contribution in [2.24, 2.45) is 5.92 Å². The second-order valence-electron chi connectivity index (χ2n) is 9.59. The number of carboxylic acid groups (broad SMARTS) is 1. The molecule has 1 saturated heterocycles. The van der Waals surface area contributed by atoms with Crippen molar-refractivity contribution in [2.45, 2.75) is 57.7 Å². The third-order valence-electron chi connectivity index (χ3n) is 7.25. The molecule has 4 atom stereocenters. The maximum absolute atomic E-state index is 11.5. The molecule has 5 nitrogen and oxygen atoms in total. The summed E-state index contributed by atoms with van der Waals surface area (Å²) in [5, 5.41) is 14.9. The highest BCUT2D eigenvalue weighted by Crippen LogP contribution is 2.35. The van der Waals surface area contributed by atoms with E-state index in [0.717, 1.165) is 62.3 Å². The fraction of sp³-hybridized carbons (Fsp3) is 0.500. The summed E-state index contributed by atoms with van der Waals surface area (Å²) in [6, 6.07) is 12.3. The highest BCUT2D eigenvalue weighted by Gasteiger charge is 2.34. The van der Waals surface area contributed by atoms with E-state index in [-0.39, 0.29) is 12.0 Å². The van der Waals surface area contributed by atoms with Crippen molar-refractivity contribution in [3.05, 3.63) is 57.0 Å². The predicted molar refractivity (Wildman–Crippen MR) is 142 cm³/mol. The molecule has 1 unspecified atom stereocenters. The number of hydrogen-bond donors (Lipinski definition) is 2. The standard InChI is InChI=1S/C26H32Cl3N3O2/c1-16-15-31(20-5-3-4-18(12-20)26(33)34)10-11-32(16)21-7-9-23(28)25(14-21)30-17(2)22-8-6-19(27)13-24(22)29/h6-9,13-14,16-18,20,30H,3-5,10-12,15H2,1-2H3,(H,33,34)/t16-,17+,18?,20-/m0/s1. The molecular formula is C26H32Cl3N3O2. The first-order valence-electron chi connectivity index (χ1n) is 12.0. The zero-order valence-electron chi connectivity index (χ0n) is 19.6. The first kappa shape index (κ1) is 25.4. The molecule has 2 aromatic rings. The molecule has 2 N–H and O–H groups in total. The van der Waals surface area contributed by atoms with Gasteiger partial charge in [0.1, 0.15) is 0 Å². The van der Waals surface area contributed by atoms with E-state index in [4.69, 9.17) is 34.8 Å². The molecule has 1 aliphatic carbocycles. The number of carbonyl (C=O) groups is 1. The number of rotatable bonds is 6. The smallest absolute Gasteiger partial charge is 0.306 e. The van der Waals surface area contributed by atoms with Gasteiger partial charge in [0.25, 0.3) is 0 Å². The van der Waals surface area contributed by atoms with Crippen molar-refractivity contribution in [1.29, 1.82) is 0 Å². The Morgan fingerprint density at radius 2 is 1.88 bits per heavy atom. The Hall–Kier alpha value is -1.66. The first-order valence-corrected chi connectivity index (χ1v) is 13.1. The summed E-state index contributed by atoms with van der Waals surface area (Å²) in [6.07, 6.45) is 3.67. The summed E-state index contributed by atoms with van der Waals surface area (Å²) in [5.74, 6) is -0.847. The molecule has 2 aromatic carbocycles. The molecule has 34 heavy (non-hydrogen) atoms. The molecular weight excluding hydrogens is 493 g/mol. The van der Waals surface area contributed by atoms with Crippen LogP contribution in [0.3, 0.4) is 0 Å². The van der Waals surface area contributed by atoms with Crippen LogP contribution in [0.1, 0.15) is 51.1 Å². The van der Waals surface area contributed by atoms with Crippen molar-refractivity contribution < 1.29 is 9.90 Å². The van der Waals surface area contributed by atoms with Crippen LogP contribution in [0.4, 0.5) is 11.4 Å². The molecule has 184 valence electrons. The van der Waals surface area contributed by atoms with E-state index in [9.17, 15) is 9.90 Å². The highest BCUT2D eigenvalue weighted by molar-refractivity contribution is 6.35. The Bertz CT molecular complexity index is 1030. The molecule has 4 rings (SSSR count). The van der Waals surface area contributed by atoms with Gasteiger partial charge in [0.15, 0.2) is 0 Å². The Kier molecular flexibility index (Phi) is 8.19. The van der Waals surface area contributed by atoms with Crippen LogP contribution >= 0.6 is 34.8 Å². The lowest BCUT2D eigenvalue weighted by molar-refractivity contribution is -0.143. The lowest BCUT2D eigenvalue weighted by Gasteiger charge is -2.46. The van der Waals surface area contributed by atoms with Gasteiger partial charge in [-0.1, -0.05) is 47.3 Å². The molecule has 0 radical (unpaired) electrons. The summed E-state index contributed by atoms with van der Waals surface area (Å²) in [5.41, 5.74) is 2.95. The number of piperazine rings is 1. The predicted octanol–water partition coefficient (Wildman–Crippen LogP) is 6.97. The first-order chi connectivity index (χ1) is 16.2. The normalized spacial score (nSPS) is 24.6. The Balaban J connectivity index is 1.44. The van der Waals surface area contributed by atoms with Gasteiger partial charge >= 0.3 is 5.97 Å². The quantitative estimate of drug-likeness (QED) is 0.427. The summed E-state index contributed by atoms with van der Waals surface area (Å²) >= 11 is 19.0. The minimum absolute atomic E-state index is 0.0414. The van der Waals surface area contributed by atoms with E-state index in [1.807, 2.05) is 25.1 Å². The summed E-state index contributed by atoms with van der Waals surface area (Å²) in [6.45, 7) is 7.05. The van der Waals surface area contributed by atoms with Gasteiger partial charge in [-0.25, -0.2) is 0 Å². The SMILES string of the molecule is C[C@@H](Nc1cc(N2CCN([C@H]3CCCC(C(=O)O)C3)C[C@@H]2C)ccc1Cl)c1ccc(Cl)cc1Cl. The molecule has 0 bridgehead atoms. The molecule has 1 aliphatic heterocycles. The third kappa shape index (κ3) is 5.76. The highest BCUT2D eigenvalue weighted by atomic mass is 35.5. The minimum Gasteiger partial charge on any atom is -0.481 e. The Morgan fingerprint density at radius 3 is 2.59 bits per heavy atom. The Morgan fingerprint density at radius 1 is 1.09 bits per heavy atom. The number of carboxylic acids is 1. The van der Waals surface area contributed by atoms with E-state index < -0.39 is 5.97 Å². The van der Waals surface area contributed by atoms with Gasteiger partial charge in [-0.15, -0.1) is 0 Å². The van der Waals surface area contributed by atoms with Gasteiger partial charge in [0.2, 0.25) is 0 Å². The fourth-order valence-electron chi connectivity index (χ4n) is 5.39.